The molecule has 88 valence electrons. The van der Waals surface area contributed by atoms with E-state index in [1.54, 1.807) is 12.5 Å². The van der Waals surface area contributed by atoms with Gasteiger partial charge in [-0.25, -0.2) is 0 Å². The van der Waals surface area contributed by atoms with Crippen molar-refractivity contribution in [1.82, 2.24) is 10.3 Å². The Labute approximate surface area is 99.7 Å². The predicted molar refractivity (Wildman–Crippen MR) is 64.1 cm³/mol. The van der Waals surface area contributed by atoms with Crippen molar-refractivity contribution in [2.24, 2.45) is 0 Å². The average Bonchev–Trinajstić information content (AvgIpc) is 2.90. The lowest BCUT2D eigenvalue weighted by Crippen LogP contribution is -2.21. The van der Waals surface area contributed by atoms with Gasteiger partial charge in [0.15, 0.2) is 5.76 Å². The molecule has 0 atom stereocenters. The minimum Gasteiger partial charge on any atom is -0.463 e. The number of carbonyl (C=O) groups excluding carboxylic acids is 1. The van der Waals surface area contributed by atoms with Crippen LogP contribution >= 0.6 is 0 Å². The van der Waals surface area contributed by atoms with Crippen LogP contribution in [0, 0.1) is 0 Å². The van der Waals surface area contributed by atoms with E-state index in [0.29, 0.717) is 13.0 Å². The molecule has 4 heteroatoms. The number of pyridine rings is 1. The van der Waals surface area contributed by atoms with Gasteiger partial charge in [0.05, 0.1) is 6.26 Å². The fraction of sp³-hybridized carbons (Fsp3) is 0.231. The minimum atomic E-state index is 0.0418. The average molecular weight is 230 g/mol. The normalized spacial score (nSPS) is 10.2. The van der Waals surface area contributed by atoms with Gasteiger partial charge in [0.2, 0.25) is 5.91 Å². The van der Waals surface area contributed by atoms with E-state index in [9.17, 15) is 4.79 Å². The molecule has 1 N–H and O–H groups in total. The number of furan rings is 1. The van der Waals surface area contributed by atoms with Crippen molar-refractivity contribution in [2.75, 3.05) is 0 Å². The lowest BCUT2D eigenvalue weighted by Gasteiger charge is -2.03. The zero-order valence-corrected chi connectivity index (χ0v) is 9.64. The van der Waals surface area contributed by atoms with Crippen LogP contribution in [-0.2, 0) is 11.3 Å². The first-order valence-corrected chi connectivity index (χ1v) is 5.55. The number of hydrogen-bond donors (Lipinski definition) is 1. The summed E-state index contributed by atoms with van der Waals surface area (Å²) in [5.41, 5.74) is 1.77. The third kappa shape index (κ3) is 2.93. The highest BCUT2D eigenvalue weighted by molar-refractivity contribution is 5.75. The van der Waals surface area contributed by atoms with Gasteiger partial charge < -0.3 is 9.73 Å². The molecule has 1 amide bonds. The molecule has 0 aromatic carbocycles. The summed E-state index contributed by atoms with van der Waals surface area (Å²) in [7, 11) is 0. The summed E-state index contributed by atoms with van der Waals surface area (Å²) >= 11 is 0. The second kappa shape index (κ2) is 5.30. The molecule has 0 spiro atoms. The fourth-order valence-corrected chi connectivity index (χ4v) is 1.42. The van der Waals surface area contributed by atoms with Crippen LogP contribution in [0.15, 0.2) is 41.1 Å². The minimum absolute atomic E-state index is 0.0418. The second-order valence-electron chi connectivity index (χ2n) is 3.66. The Morgan fingerprint density at radius 2 is 2.29 bits per heavy atom. The van der Waals surface area contributed by atoms with Crippen LogP contribution in [0.4, 0.5) is 0 Å². The molecular weight excluding hydrogens is 216 g/mol. The molecule has 0 bridgehead atoms. The molecule has 0 aliphatic heterocycles. The number of hydrogen-bond acceptors (Lipinski definition) is 3. The van der Waals surface area contributed by atoms with Gasteiger partial charge >= 0.3 is 0 Å². The standard InChI is InChI=1S/C13H14N2O2/c1-2-13(16)15-9-10-5-6-11(14-8-10)12-4-3-7-17-12/h3-8H,2,9H2,1H3,(H,15,16). The maximum atomic E-state index is 11.1. The van der Waals surface area contributed by atoms with Crippen LogP contribution < -0.4 is 5.32 Å². The van der Waals surface area contributed by atoms with Crippen LogP contribution in [0.3, 0.4) is 0 Å². The predicted octanol–water partition coefficient (Wildman–Crippen LogP) is 2.37. The molecule has 2 aromatic rings. The SMILES string of the molecule is CCC(=O)NCc1ccc(-c2ccco2)nc1. The number of aromatic nitrogens is 1. The van der Waals surface area contributed by atoms with Gasteiger partial charge in [-0.05, 0) is 23.8 Å². The fourth-order valence-electron chi connectivity index (χ4n) is 1.42. The van der Waals surface area contributed by atoms with Crippen molar-refractivity contribution in [3.05, 3.63) is 42.3 Å². The molecule has 2 rings (SSSR count). The van der Waals surface area contributed by atoms with Crippen LogP contribution in [-0.4, -0.2) is 10.9 Å². The molecule has 2 aromatic heterocycles. The molecule has 17 heavy (non-hydrogen) atoms. The van der Waals surface area contributed by atoms with Gasteiger partial charge in [0, 0.05) is 19.2 Å². The van der Waals surface area contributed by atoms with E-state index >= 15 is 0 Å². The Morgan fingerprint density at radius 3 is 2.88 bits per heavy atom. The third-order valence-electron chi connectivity index (χ3n) is 2.41. The lowest BCUT2D eigenvalue weighted by atomic mass is 10.2. The number of amides is 1. The highest BCUT2D eigenvalue weighted by Crippen LogP contribution is 2.16. The summed E-state index contributed by atoms with van der Waals surface area (Å²) in [5.74, 6) is 0.786. The molecule has 0 saturated heterocycles. The van der Waals surface area contributed by atoms with Crippen LogP contribution in [0.1, 0.15) is 18.9 Å². The van der Waals surface area contributed by atoms with Gasteiger partial charge in [-0.15, -0.1) is 0 Å². The van der Waals surface area contributed by atoms with Gasteiger partial charge in [-0.2, -0.15) is 0 Å². The van der Waals surface area contributed by atoms with E-state index in [4.69, 9.17) is 4.42 Å². The number of rotatable bonds is 4. The number of nitrogens with zero attached hydrogens (tertiary/aromatic N) is 1. The Hall–Kier alpha value is -2.10. The second-order valence-corrected chi connectivity index (χ2v) is 3.66. The molecule has 0 aliphatic rings. The van der Waals surface area contributed by atoms with E-state index in [1.807, 2.05) is 31.2 Å². The van der Waals surface area contributed by atoms with Crippen LogP contribution in [0.5, 0.6) is 0 Å². The Bertz CT molecular complexity index is 475. The Morgan fingerprint density at radius 1 is 1.41 bits per heavy atom. The van der Waals surface area contributed by atoms with Crippen LogP contribution in [0.25, 0.3) is 11.5 Å². The van der Waals surface area contributed by atoms with Gasteiger partial charge in [-0.3, -0.25) is 9.78 Å². The van der Waals surface area contributed by atoms with Crippen molar-refractivity contribution in [3.8, 4) is 11.5 Å². The van der Waals surface area contributed by atoms with Crippen molar-refractivity contribution in [1.29, 1.82) is 0 Å². The zero-order valence-electron chi connectivity index (χ0n) is 9.64. The maximum absolute atomic E-state index is 11.1. The zero-order chi connectivity index (χ0) is 12.1. The van der Waals surface area contributed by atoms with Crippen molar-refractivity contribution < 1.29 is 9.21 Å². The molecule has 0 unspecified atom stereocenters. The highest BCUT2D eigenvalue weighted by atomic mass is 16.3. The van der Waals surface area contributed by atoms with E-state index in [1.165, 1.54) is 0 Å². The van der Waals surface area contributed by atoms with Crippen molar-refractivity contribution in [3.63, 3.8) is 0 Å². The first-order valence-electron chi connectivity index (χ1n) is 5.55. The molecular formula is C13H14N2O2. The van der Waals surface area contributed by atoms with Gasteiger partial charge in [-0.1, -0.05) is 13.0 Å². The Balaban J connectivity index is 2.01. The van der Waals surface area contributed by atoms with Crippen molar-refractivity contribution in [2.45, 2.75) is 19.9 Å². The topological polar surface area (TPSA) is 55.1 Å². The van der Waals surface area contributed by atoms with Crippen molar-refractivity contribution >= 4 is 5.91 Å². The lowest BCUT2D eigenvalue weighted by molar-refractivity contribution is -0.120. The molecule has 4 nitrogen and oxygen atoms in total. The van der Waals surface area contributed by atoms with Crippen LogP contribution in [0.2, 0.25) is 0 Å². The molecule has 0 radical (unpaired) electrons. The summed E-state index contributed by atoms with van der Waals surface area (Å²) in [4.78, 5) is 15.4. The monoisotopic (exact) mass is 230 g/mol. The Kier molecular flexibility index (Phi) is 3.55. The third-order valence-corrected chi connectivity index (χ3v) is 2.41. The van der Waals surface area contributed by atoms with E-state index in [0.717, 1.165) is 17.0 Å². The highest BCUT2D eigenvalue weighted by Gasteiger charge is 2.02. The quantitative estimate of drug-likeness (QED) is 0.877. The molecule has 0 fully saturated rings. The van der Waals surface area contributed by atoms with Gasteiger partial charge in [0.25, 0.3) is 0 Å². The molecule has 0 aliphatic carbocycles. The summed E-state index contributed by atoms with van der Waals surface area (Å²) < 4.78 is 5.24. The van der Waals surface area contributed by atoms with E-state index in [-0.39, 0.29) is 5.91 Å². The largest absolute Gasteiger partial charge is 0.463 e. The smallest absolute Gasteiger partial charge is 0.219 e. The summed E-state index contributed by atoms with van der Waals surface area (Å²) in [5, 5.41) is 2.80. The summed E-state index contributed by atoms with van der Waals surface area (Å²) in [6.07, 6.45) is 3.86. The number of carbonyl (C=O) groups is 1. The number of nitrogens with one attached hydrogen (secondary N) is 1. The summed E-state index contributed by atoms with van der Waals surface area (Å²) in [6.45, 7) is 2.34. The first kappa shape index (κ1) is 11.4. The maximum Gasteiger partial charge on any atom is 0.219 e. The van der Waals surface area contributed by atoms with E-state index in [2.05, 4.69) is 10.3 Å². The summed E-state index contributed by atoms with van der Waals surface area (Å²) in [6, 6.07) is 7.50. The molecule has 2 heterocycles. The molecule has 0 saturated carbocycles. The van der Waals surface area contributed by atoms with E-state index < -0.39 is 0 Å². The van der Waals surface area contributed by atoms with Gasteiger partial charge in [0.1, 0.15) is 5.69 Å². The first-order chi connectivity index (χ1) is 8.29.